The van der Waals surface area contributed by atoms with Gasteiger partial charge in [0.25, 0.3) is 5.91 Å². The summed E-state index contributed by atoms with van der Waals surface area (Å²) in [5.74, 6) is 1.77. The molecule has 0 bridgehead atoms. The van der Waals surface area contributed by atoms with E-state index in [1.54, 1.807) is 50.4 Å². The molecular formula is C20H24ClNO4. The standard InChI is InChI=1S/C20H24ClNO4/c1-5-17(26-16-8-6-7-15(21)12-16)20(23)22(2)13-14-9-10-18(24-3)19(11-14)25-4/h6-12,17H,5,13H2,1-4H3/t17-/m1/s1. The van der Waals surface area contributed by atoms with E-state index in [9.17, 15) is 4.79 Å². The Balaban J connectivity index is 2.07. The van der Waals surface area contributed by atoms with Crippen LogP contribution in [0.5, 0.6) is 17.2 Å². The molecule has 0 fully saturated rings. The topological polar surface area (TPSA) is 48.0 Å². The zero-order valence-corrected chi connectivity index (χ0v) is 16.2. The Morgan fingerprint density at radius 1 is 1.12 bits per heavy atom. The lowest BCUT2D eigenvalue weighted by atomic mass is 10.1. The van der Waals surface area contributed by atoms with E-state index in [1.807, 2.05) is 25.1 Å². The Labute approximate surface area is 159 Å². The van der Waals surface area contributed by atoms with Crippen molar-refractivity contribution in [3.05, 3.63) is 53.1 Å². The van der Waals surface area contributed by atoms with Crippen LogP contribution in [0.1, 0.15) is 18.9 Å². The molecule has 0 radical (unpaired) electrons. The molecule has 0 saturated carbocycles. The van der Waals surface area contributed by atoms with Gasteiger partial charge in [-0.05, 0) is 42.3 Å². The summed E-state index contributed by atoms with van der Waals surface area (Å²) >= 11 is 5.98. The Morgan fingerprint density at radius 2 is 1.85 bits per heavy atom. The predicted molar refractivity (Wildman–Crippen MR) is 102 cm³/mol. The molecule has 0 aliphatic carbocycles. The van der Waals surface area contributed by atoms with Crippen LogP contribution in [0.4, 0.5) is 0 Å². The van der Waals surface area contributed by atoms with E-state index < -0.39 is 6.10 Å². The van der Waals surface area contributed by atoms with Gasteiger partial charge in [0.05, 0.1) is 14.2 Å². The van der Waals surface area contributed by atoms with Gasteiger partial charge in [0.2, 0.25) is 0 Å². The molecule has 0 aromatic heterocycles. The fourth-order valence-corrected chi connectivity index (χ4v) is 2.77. The summed E-state index contributed by atoms with van der Waals surface area (Å²) in [6.45, 7) is 2.35. The molecule has 0 aliphatic heterocycles. The first-order chi connectivity index (χ1) is 12.5. The third-order valence-electron chi connectivity index (χ3n) is 3.96. The van der Waals surface area contributed by atoms with Gasteiger partial charge >= 0.3 is 0 Å². The first-order valence-corrected chi connectivity index (χ1v) is 8.74. The number of amides is 1. The highest BCUT2D eigenvalue weighted by atomic mass is 35.5. The van der Waals surface area contributed by atoms with Crippen LogP contribution in [0.25, 0.3) is 0 Å². The molecule has 140 valence electrons. The van der Waals surface area contributed by atoms with Crippen molar-refractivity contribution in [3.8, 4) is 17.2 Å². The largest absolute Gasteiger partial charge is 0.493 e. The Bertz CT molecular complexity index is 750. The lowest BCUT2D eigenvalue weighted by molar-refractivity contribution is -0.138. The van der Waals surface area contributed by atoms with Crippen molar-refractivity contribution in [2.45, 2.75) is 26.0 Å². The van der Waals surface area contributed by atoms with Crippen LogP contribution in [0.3, 0.4) is 0 Å². The summed E-state index contributed by atoms with van der Waals surface area (Å²) in [5.41, 5.74) is 0.941. The van der Waals surface area contributed by atoms with Crippen LogP contribution in [-0.4, -0.2) is 38.2 Å². The van der Waals surface area contributed by atoms with Crippen LogP contribution in [0.2, 0.25) is 5.02 Å². The maximum absolute atomic E-state index is 12.8. The minimum atomic E-state index is -0.571. The summed E-state index contributed by atoms with van der Waals surface area (Å²) in [6, 6.07) is 12.6. The highest BCUT2D eigenvalue weighted by Crippen LogP contribution is 2.28. The lowest BCUT2D eigenvalue weighted by Gasteiger charge is -2.24. The first-order valence-electron chi connectivity index (χ1n) is 8.36. The molecular weight excluding hydrogens is 354 g/mol. The lowest BCUT2D eigenvalue weighted by Crippen LogP contribution is -2.39. The van der Waals surface area contributed by atoms with Crippen molar-refractivity contribution in [1.82, 2.24) is 4.90 Å². The SMILES string of the molecule is CC[C@@H](Oc1cccc(Cl)c1)C(=O)N(C)Cc1ccc(OC)c(OC)c1. The normalized spacial score (nSPS) is 11.6. The summed E-state index contributed by atoms with van der Waals surface area (Å²) in [6.07, 6.45) is -0.0136. The highest BCUT2D eigenvalue weighted by molar-refractivity contribution is 6.30. The molecule has 0 unspecified atom stereocenters. The van der Waals surface area contributed by atoms with Crippen LogP contribution in [0.15, 0.2) is 42.5 Å². The molecule has 5 nitrogen and oxygen atoms in total. The maximum atomic E-state index is 12.8. The van der Waals surface area contributed by atoms with Crippen molar-refractivity contribution in [2.24, 2.45) is 0 Å². The third kappa shape index (κ3) is 5.05. The predicted octanol–water partition coefficient (Wildman–Crippen LogP) is 4.17. The molecule has 0 spiro atoms. The van der Waals surface area contributed by atoms with Gasteiger partial charge in [-0.3, -0.25) is 4.79 Å². The van der Waals surface area contributed by atoms with Crippen molar-refractivity contribution < 1.29 is 19.0 Å². The van der Waals surface area contributed by atoms with Gasteiger partial charge in [0.15, 0.2) is 17.6 Å². The third-order valence-corrected chi connectivity index (χ3v) is 4.20. The fraction of sp³-hybridized carbons (Fsp3) is 0.350. The second-order valence-corrected chi connectivity index (χ2v) is 6.29. The average molecular weight is 378 g/mol. The van der Waals surface area contributed by atoms with Crippen LogP contribution >= 0.6 is 11.6 Å². The van der Waals surface area contributed by atoms with Gasteiger partial charge in [-0.1, -0.05) is 30.7 Å². The van der Waals surface area contributed by atoms with Gasteiger partial charge < -0.3 is 19.1 Å². The van der Waals surface area contributed by atoms with Gasteiger partial charge in [0.1, 0.15) is 5.75 Å². The number of rotatable bonds is 8. The zero-order chi connectivity index (χ0) is 19.1. The molecule has 0 saturated heterocycles. The van der Waals surface area contributed by atoms with Gasteiger partial charge in [-0.15, -0.1) is 0 Å². The molecule has 6 heteroatoms. The Hall–Kier alpha value is -2.40. The number of carbonyl (C=O) groups is 1. The molecule has 1 atom stereocenters. The number of hydrogen-bond acceptors (Lipinski definition) is 4. The Kier molecular flexibility index (Phi) is 7.16. The molecule has 2 aromatic rings. The number of benzene rings is 2. The van der Waals surface area contributed by atoms with Crippen molar-refractivity contribution in [3.63, 3.8) is 0 Å². The maximum Gasteiger partial charge on any atom is 0.263 e. The van der Waals surface area contributed by atoms with E-state index in [1.165, 1.54) is 0 Å². The first kappa shape index (κ1) is 19.9. The number of likely N-dealkylation sites (N-methyl/N-ethyl adjacent to an activating group) is 1. The highest BCUT2D eigenvalue weighted by Gasteiger charge is 2.22. The van der Waals surface area contributed by atoms with Gasteiger partial charge in [-0.25, -0.2) is 0 Å². The molecule has 0 heterocycles. The second-order valence-electron chi connectivity index (χ2n) is 5.86. The number of halogens is 1. The van der Waals surface area contributed by atoms with Crippen LogP contribution in [0, 0.1) is 0 Å². The van der Waals surface area contributed by atoms with Crippen molar-refractivity contribution in [1.29, 1.82) is 0 Å². The number of carbonyl (C=O) groups excluding carboxylic acids is 1. The minimum absolute atomic E-state index is 0.0951. The smallest absolute Gasteiger partial charge is 0.263 e. The number of nitrogens with zero attached hydrogens (tertiary/aromatic N) is 1. The number of ether oxygens (including phenoxy) is 3. The van der Waals surface area contributed by atoms with Gasteiger partial charge in [-0.2, -0.15) is 0 Å². The molecule has 26 heavy (non-hydrogen) atoms. The number of methoxy groups -OCH3 is 2. The molecule has 2 rings (SSSR count). The van der Waals surface area contributed by atoms with Crippen molar-refractivity contribution in [2.75, 3.05) is 21.3 Å². The monoisotopic (exact) mass is 377 g/mol. The van der Waals surface area contributed by atoms with Gasteiger partial charge in [0, 0.05) is 18.6 Å². The van der Waals surface area contributed by atoms with E-state index in [2.05, 4.69) is 0 Å². The quantitative estimate of drug-likeness (QED) is 0.692. The number of hydrogen-bond donors (Lipinski definition) is 0. The zero-order valence-electron chi connectivity index (χ0n) is 15.5. The van der Waals surface area contributed by atoms with E-state index in [0.717, 1.165) is 5.56 Å². The average Bonchev–Trinajstić information content (AvgIpc) is 2.65. The van der Waals surface area contributed by atoms with E-state index in [0.29, 0.717) is 35.2 Å². The molecule has 0 aliphatic rings. The van der Waals surface area contributed by atoms with E-state index in [4.69, 9.17) is 25.8 Å². The molecule has 2 aromatic carbocycles. The summed E-state index contributed by atoms with van der Waals surface area (Å²) in [7, 11) is 4.93. The molecule has 1 amide bonds. The minimum Gasteiger partial charge on any atom is -0.493 e. The summed E-state index contributed by atoms with van der Waals surface area (Å²) < 4.78 is 16.4. The van der Waals surface area contributed by atoms with Crippen LogP contribution < -0.4 is 14.2 Å². The second kappa shape index (κ2) is 9.34. The Morgan fingerprint density at radius 3 is 2.46 bits per heavy atom. The summed E-state index contributed by atoms with van der Waals surface area (Å²) in [5, 5.41) is 0.573. The van der Waals surface area contributed by atoms with Crippen LogP contribution in [-0.2, 0) is 11.3 Å². The fourth-order valence-electron chi connectivity index (χ4n) is 2.59. The molecule has 0 N–H and O–H groups in total. The summed E-state index contributed by atoms with van der Waals surface area (Å²) in [4.78, 5) is 14.4. The van der Waals surface area contributed by atoms with Crippen molar-refractivity contribution >= 4 is 17.5 Å². The van der Waals surface area contributed by atoms with E-state index >= 15 is 0 Å². The van der Waals surface area contributed by atoms with E-state index in [-0.39, 0.29) is 5.91 Å².